The second-order valence-corrected chi connectivity index (χ2v) is 8.55. The number of hydrogen-bond acceptors (Lipinski definition) is 3. The predicted molar refractivity (Wildman–Crippen MR) is 98.9 cm³/mol. The summed E-state index contributed by atoms with van der Waals surface area (Å²) in [6, 6.07) is 1.76. The van der Waals surface area contributed by atoms with Crippen molar-refractivity contribution in [2.24, 2.45) is 11.8 Å². The monoisotopic (exact) mass is 321 g/mol. The molecule has 3 aliphatic rings. The molecule has 23 heavy (non-hydrogen) atoms. The van der Waals surface area contributed by atoms with E-state index < -0.39 is 0 Å². The number of likely N-dealkylation sites (tertiary alicyclic amines) is 3. The fraction of sp³-hybridized carbons (Fsp3) is 1.00. The van der Waals surface area contributed by atoms with Crippen LogP contribution in [0.15, 0.2) is 0 Å². The van der Waals surface area contributed by atoms with Crippen LogP contribution in [0.3, 0.4) is 0 Å². The number of nitrogens with zero attached hydrogens (tertiary/aromatic N) is 3. The van der Waals surface area contributed by atoms with E-state index in [2.05, 4.69) is 35.5 Å². The van der Waals surface area contributed by atoms with Crippen LogP contribution >= 0.6 is 0 Å². The number of hydrogen-bond donors (Lipinski definition) is 0. The molecule has 3 rings (SSSR count). The van der Waals surface area contributed by atoms with Crippen LogP contribution in [0.5, 0.6) is 0 Å². The van der Waals surface area contributed by atoms with Crippen molar-refractivity contribution in [3.63, 3.8) is 0 Å². The molecule has 0 bridgehead atoms. The Bertz CT molecular complexity index is 333. The maximum Gasteiger partial charge on any atom is 0.0120 e. The van der Waals surface area contributed by atoms with E-state index in [4.69, 9.17) is 0 Å². The lowest BCUT2D eigenvalue weighted by molar-refractivity contribution is 0.0389. The highest BCUT2D eigenvalue weighted by Gasteiger charge is 2.32. The molecule has 0 aromatic carbocycles. The average molecular weight is 322 g/mol. The third-order valence-corrected chi connectivity index (χ3v) is 7.05. The molecule has 0 aliphatic carbocycles. The maximum absolute atomic E-state index is 2.83. The fourth-order valence-corrected chi connectivity index (χ4v) is 5.17. The van der Waals surface area contributed by atoms with Crippen LogP contribution in [-0.4, -0.2) is 72.6 Å². The standard InChI is InChI=1S/C20H39N3/c1-4-21-11-7-19(8-12-21)23-15-9-20(10-16-23)22-13-5-18(6-14-22)17(2)3/h17-20H,4-16H2,1-3H3. The third kappa shape index (κ3) is 4.49. The van der Waals surface area contributed by atoms with Gasteiger partial charge in [0, 0.05) is 12.1 Å². The molecule has 0 atom stereocenters. The van der Waals surface area contributed by atoms with Crippen molar-refractivity contribution in [3.05, 3.63) is 0 Å². The molecule has 3 saturated heterocycles. The molecule has 0 aromatic heterocycles. The third-order valence-electron chi connectivity index (χ3n) is 7.05. The van der Waals surface area contributed by atoms with E-state index in [1.807, 2.05) is 0 Å². The van der Waals surface area contributed by atoms with E-state index in [1.54, 1.807) is 0 Å². The van der Waals surface area contributed by atoms with Crippen LogP contribution in [-0.2, 0) is 0 Å². The Morgan fingerprint density at radius 3 is 1.57 bits per heavy atom. The first-order valence-corrected chi connectivity index (χ1v) is 10.4. The van der Waals surface area contributed by atoms with E-state index in [0.717, 1.165) is 23.9 Å². The van der Waals surface area contributed by atoms with Crippen molar-refractivity contribution in [3.8, 4) is 0 Å². The topological polar surface area (TPSA) is 9.72 Å². The Morgan fingerprint density at radius 1 is 0.696 bits per heavy atom. The van der Waals surface area contributed by atoms with E-state index in [0.29, 0.717) is 0 Å². The Hall–Kier alpha value is -0.120. The van der Waals surface area contributed by atoms with Gasteiger partial charge in [0.1, 0.15) is 0 Å². The molecule has 0 spiro atoms. The first-order valence-electron chi connectivity index (χ1n) is 10.4. The van der Waals surface area contributed by atoms with Crippen LogP contribution in [0.2, 0.25) is 0 Å². The maximum atomic E-state index is 2.83. The second kappa shape index (κ2) is 8.31. The van der Waals surface area contributed by atoms with Gasteiger partial charge in [-0.15, -0.1) is 0 Å². The highest BCUT2D eigenvalue weighted by atomic mass is 15.2. The summed E-state index contributed by atoms with van der Waals surface area (Å²) in [4.78, 5) is 8.27. The van der Waals surface area contributed by atoms with E-state index in [1.165, 1.54) is 84.3 Å². The second-order valence-electron chi connectivity index (χ2n) is 8.55. The summed E-state index contributed by atoms with van der Waals surface area (Å²) in [5, 5.41) is 0. The molecule has 0 unspecified atom stereocenters. The lowest BCUT2D eigenvalue weighted by Gasteiger charge is -2.45. The molecule has 0 radical (unpaired) electrons. The van der Waals surface area contributed by atoms with Gasteiger partial charge in [-0.1, -0.05) is 20.8 Å². The van der Waals surface area contributed by atoms with Gasteiger partial charge in [0.15, 0.2) is 0 Å². The Labute approximate surface area is 144 Å². The molecular formula is C20H39N3. The minimum absolute atomic E-state index is 0.880. The molecule has 3 nitrogen and oxygen atoms in total. The van der Waals surface area contributed by atoms with Crippen molar-refractivity contribution in [1.29, 1.82) is 0 Å². The number of piperidine rings is 3. The van der Waals surface area contributed by atoms with Gasteiger partial charge in [-0.25, -0.2) is 0 Å². The van der Waals surface area contributed by atoms with Gasteiger partial charge in [-0.3, -0.25) is 0 Å². The molecule has 3 fully saturated rings. The van der Waals surface area contributed by atoms with Crippen LogP contribution in [0.25, 0.3) is 0 Å². The molecule has 134 valence electrons. The summed E-state index contributed by atoms with van der Waals surface area (Å²) < 4.78 is 0. The van der Waals surface area contributed by atoms with Crippen LogP contribution < -0.4 is 0 Å². The molecule has 0 saturated carbocycles. The lowest BCUT2D eigenvalue weighted by Crippen LogP contribution is -2.52. The van der Waals surface area contributed by atoms with E-state index in [-0.39, 0.29) is 0 Å². The number of rotatable bonds is 4. The normalized spacial score (nSPS) is 28.7. The molecule has 3 aliphatic heterocycles. The largest absolute Gasteiger partial charge is 0.303 e. The average Bonchev–Trinajstić information content (AvgIpc) is 2.62. The highest BCUT2D eigenvalue weighted by Crippen LogP contribution is 2.29. The summed E-state index contributed by atoms with van der Waals surface area (Å²) in [7, 11) is 0. The zero-order valence-electron chi connectivity index (χ0n) is 15.8. The van der Waals surface area contributed by atoms with Crippen molar-refractivity contribution >= 4 is 0 Å². The summed E-state index contributed by atoms with van der Waals surface area (Å²) in [5.41, 5.74) is 0. The quantitative estimate of drug-likeness (QED) is 0.786. The molecule has 3 heterocycles. The van der Waals surface area contributed by atoms with Crippen molar-refractivity contribution in [2.45, 2.75) is 71.4 Å². The van der Waals surface area contributed by atoms with Crippen LogP contribution in [0.1, 0.15) is 59.3 Å². The van der Waals surface area contributed by atoms with Gasteiger partial charge >= 0.3 is 0 Å². The SMILES string of the molecule is CCN1CCC(N2CCC(N3CCC(C(C)C)CC3)CC2)CC1. The van der Waals surface area contributed by atoms with Gasteiger partial charge in [-0.05, 0) is 96.2 Å². The zero-order valence-corrected chi connectivity index (χ0v) is 15.8. The predicted octanol–water partition coefficient (Wildman–Crippen LogP) is 3.30. The van der Waals surface area contributed by atoms with Gasteiger partial charge < -0.3 is 14.7 Å². The van der Waals surface area contributed by atoms with E-state index in [9.17, 15) is 0 Å². The Morgan fingerprint density at radius 2 is 1.13 bits per heavy atom. The van der Waals surface area contributed by atoms with Crippen molar-refractivity contribution in [2.75, 3.05) is 45.8 Å². The highest BCUT2D eigenvalue weighted by molar-refractivity contribution is 4.87. The van der Waals surface area contributed by atoms with Gasteiger partial charge in [0.05, 0.1) is 0 Å². The lowest BCUT2D eigenvalue weighted by atomic mass is 9.85. The molecule has 3 heteroatoms. The minimum atomic E-state index is 0.880. The molecule has 0 aromatic rings. The molecule has 0 N–H and O–H groups in total. The Kier molecular flexibility index (Phi) is 6.39. The summed E-state index contributed by atoms with van der Waals surface area (Å²) >= 11 is 0. The smallest absolute Gasteiger partial charge is 0.0120 e. The van der Waals surface area contributed by atoms with Gasteiger partial charge in [0.25, 0.3) is 0 Å². The van der Waals surface area contributed by atoms with Crippen molar-refractivity contribution in [1.82, 2.24) is 14.7 Å². The summed E-state index contributed by atoms with van der Waals surface area (Å²) in [6.07, 6.45) is 8.51. The summed E-state index contributed by atoms with van der Waals surface area (Å²) in [5.74, 6) is 1.86. The minimum Gasteiger partial charge on any atom is -0.303 e. The van der Waals surface area contributed by atoms with Crippen LogP contribution in [0, 0.1) is 11.8 Å². The first kappa shape index (κ1) is 17.7. The fourth-order valence-electron chi connectivity index (χ4n) is 5.17. The van der Waals surface area contributed by atoms with Gasteiger partial charge in [-0.2, -0.15) is 0 Å². The molecule has 0 amide bonds. The zero-order chi connectivity index (χ0) is 16.2. The van der Waals surface area contributed by atoms with Crippen LogP contribution in [0.4, 0.5) is 0 Å². The summed E-state index contributed by atoms with van der Waals surface area (Å²) in [6.45, 7) is 16.4. The van der Waals surface area contributed by atoms with E-state index >= 15 is 0 Å². The first-order chi connectivity index (χ1) is 11.2. The van der Waals surface area contributed by atoms with Crippen molar-refractivity contribution < 1.29 is 0 Å². The molecular weight excluding hydrogens is 282 g/mol. The van der Waals surface area contributed by atoms with Gasteiger partial charge in [0.2, 0.25) is 0 Å². The Balaban J connectivity index is 1.39.